The molecule has 0 saturated heterocycles. The maximum absolute atomic E-state index is 12.8. The van der Waals surface area contributed by atoms with Crippen LogP contribution in [0.15, 0.2) is 53.2 Å². The number of nitrogens with zero attached hydrogens (tertiary/aromatic N) is 1. The van der Waals surface area contributed by atoms with Gasteiger partial charge in [-0.1, -0.05) is 12.1 Å². The van der Waals surface area contributed by atoms with E-state index in [2.05, 4.69) is 10.3 Å². The normalized spacial score (nSPS) is 13.5. The number of hydrogen-bond donors (Lipinski definition) is 2. The van der Waals surface area contributed by atoms with Crippen LogP contribution in [-0.4, -0.2) is 33.9 Å². The maximum Gasteiger partial charge on any atom is 0.303 e. The highest BCUT2D eigenvalue weighted by Gasteiger charge is 2.33. The largest absolute Gasteiger partial charge is 0.481 e. The number of thioether (sulfide) groups is 1. The Kier molecular flexibility index (Phi) is 5.71. The van der Waals surface area contributed by atoms with E-state index in [4.69, 9.17) is 5.11 Å². The van der Waals surface area contributed by atoms with Crippen molar-refractivity contribution >= 4 is 35.0 Å². The average Bonchev–Trinajstić information content (AvgIpc) is 2.67. The van der Waals surface area contributed by atoms with Crippen LogP contribution in [0.5, 0.6) is 0 Å². The predicted octanol–water partition coefficient (Wildman–Crippen LogP) is 3.55. The fraction of sp³-hybridized carbons (Fsp3) is 0.200. The van der Waals surface area contributed by atoms with Gasteiger partial charge in [0.25, 0.3) is 0 Å². The number of fused-ring (bicyclic) bond motifs is 1. The predicted molar refractivity (Wildman–Crippen MR) is 104 cm³/mol. The fourth-order valence-electron chi connectivity index (χ4n) is 2.88. The van der Waals surface area contributed by atoms with Crippen LogP contribution in [0.25, 0.3) is 0 Å². The summed E-state index contributed by atoms with van der Waals surface area (Å²) in [6.07, 6.45) is 4.63. The summed E-state index contributed by atoms with van der Waals surface area (Å²) in [6, 6.07) is 10.6. The van der Waals surface area contributed by atoms with Crippen LogP contribution in [0.1, 0.15) is 39.3 Å². The van der Waals surface area contributed by atoms with Gasteiger partial charge in [0.1, 0.15) is 11.4 Å². The second-order valence-corrected chi connectivity index (χ2v) is 6.85. The summed E-state index contributed by atoms with van der Waals surface area (Å²) in [6.45, 7) is 0. The molecule has 0 amide bonds. The van der Waals surface area contributed by atoms with Crippen LogP contribution in [0, 0.1) is 0 Å². The van der Waals surface area contributed by atoms with Crippen molar-refractivity contribution in [1.82, 2.24) is 4.98 Å². The van der Waals surface area contributed by atoms with Gasteiger partial charge < -0.3 is 10.4 Å². The Morgan fingerprint density at radius 2 is 1.89 bits per heavy atom. The van der Waals surface area contributed by atoms with Crippen molar-refractivity contribution < 1.29 is 19.5 Å². The molecule has 3 rings (SSSR count). The number of carboxylic acids is 1. The summed E-state index contributed by atoms with van der Waals surface area (Å²) in [4.78, 5) is 40.5. The molecule has 1 aromatic heterocycles. The molecular formula is C20H18N2O4S. The zero-order valence-electron chi connectivity index (χ0n) is 14.7. The van der Waals surface area contributed by atoms with Crippen LogP contribution in [0.3, 0.4) is 0 Å². The van der Waals surface area contributed by atoms with Crippen LogP contribution in [0.4, 0.5) is 5.69 Å². The number of carboxylic acid groups (broad SMARTS) is 1. The quantitative estimate of drug-likeness (QED) is 0.756. The van der Waals surface area contributed by atoms with Crippen molar-refractivity contribution in [2.24, 2.45) is 0 Å². The molecule has 6 nitrogen and oxygen atoms in total. The molecule has 0 spiro atoms. The van der Waals surface area contributed by atoms with Crippen molar-refractivity contribution in [3.63, 3.8) is 0 Å². The van der Waals surface area contributed by atoms with Gasteiger partial charge in [-0.15, -0.1) is 11.8 Å². The summed E-state index contributed by atoms with van der Waals surface area (Å²) in [5.41, 5.74) is 2.44. The highest BCUT2D eigenvalue weighted by molar-refractivity contribution is 8.03. The first kappa shape index (κ1) is 18.8. The number of benzene rings is 1. The number of aromatic nitrogens is 1. The minimum atomic E-state index is -0.805. The molecule has 138 valence electrons. The van der Waals surface area contributed by atoms with Gasteiger partial charge in [-0.05, 0) is 48.9 Å². The third-order valence-electron chi connectivity index (χ3n) is 4.21. The molecule has 0 unspecified atom stereocenters. The molecule has 2 N–H and O–H groups in total. The second-order valence-electron chi connectivity index (χ2n) is 6.04. The zero-order chi connectivity index (χ0) is 19.4. The third kappa shape index (κ3) is 4.09. The Morgan fingerprint density at radius 3 is 2.56 bits per heavy atom. The van der Waals surface area contributed by atoms with E-state index in [1.165, 1.54) is 18.0 Å². The highest BCUT2D eigenvalue weighted by Crippen LogP contribution is 2.31. The van der Waals surface area contributed by atoms with Crippen LogP contribution >= 0.6 is 11.8 Å². The topological polar surface area (TPSA) is 96.4 Å². The Hall–Kier alpha value is -2.93. The number of Topliss-reactive ketones (excluding diaryl/α,β-unsaturated/α-hetero) is 2. The minimum Gasteiger partial charge on any atom is -0.481 e. The van der Waals surface area contributed by atoms with Gasteiger partial charge in [-0.25, -0.2) is 0 Å². The molecule has 1 aromatic carbocycles. The van der Waals surface area contributed by atoms with Crippen LogP contribution in [0.2, 0.25) is 0 Å². The number of carbonyl (C=O) groups excluding carboxylic acids is 2. The first-order chi connectivity index (χ1) is 13.0. The molecule has 0 radical (unpaired) electrons. The molecule has 7 heteroatoms. The van der Waals surface area contributed by atoms with E-state index < -0.39 is 5.97 Å². The standard InChI is InChI=1S/C20H18N2O4S/c1-27-20-17(18(25)14-5-3-11-21-16(14)19(20)26)22-13-9-7-12(8-10-13)4-2-6-15(23)24/h3,5,7-11,22H,2,4,6H2,1H3,(H,23,24). The molecule has 0 saturated carbocycles. The van der Waals surface area contributed by atoms with Crippen LogP contribution in [-0.2, 0) is 11.2 Å². The van der Waals surface area contributed by atoms with Gasteiger partial charge in [-0.2, -0.15) is 0 Å². The average molecular weight is 382 g/mol. The van der Waals surface area contributed by atoms with Gasteiger partial charge in [0.2, 0.25) is 11.6 Å². The van der Waals surface area contributed by atoms with Crippen molar-refractivity contribution in [1.29, 1.82) is 0 Å². The van der Waals surface area contributed by atoms with Crippen molar-refractivity contribution in [3.8, 4) is 0 Å². The number of anilines is 1. The number of carbonyl (C=O) groups is 3. The molecule has 0 atom stereocenters. The number of allylic oxidation sites excluding steroid dienone is 2. The number of aryl methyl sites for hydroxylation is 1. The second kappa shape index (κ2) is 8.18. The summed E-state index contributed by atoms with van der Waals surface area (Å²) >= 11 is 1.22. The van der Waals surface area contributed by atoms with Crippen molar-refractivity contribution in [2.45, 2.75) is 19.3 Å². The molecule has 1 heterocycles. The van der Waals surface area contributed by atoms with Crippen LogP contribution < -0.4 is 5.32 Å². The molecular weight excluding hydrogens is 364 g/mol. The maximum atomic E-state index is 12.8. The van der Waals surface area contributed by atoms with E-state index in [9.17, 15) is 14.4 Å². The number of rotatable bonds is 7. The smallest absolute Gasteiger partial charge is 0.303 e. The molecule has 0 bridgehead atoms. The molecule has 0 aliphatic heterocycles. The Bertz CT molecular complexity index is 935. The summed E-state index contributed by atoms with van der Waals surface area (Å²) in [5, 5.41) is 11.8. The first-order valence-corrected chi connectivity index (χ1v) is 9.64. The molecule has 1 aliphatic carbocycles. The molecule has 1 aliphatic rings. The Labute approximate surface area is 160 Å². The monoisotopic (exact) mass is 382 g/mol. The minimum absolute atomic E-state index is 0.133. The van der Waals surface area contributed by atoms with Gasteiger partial charge in [0.15, 0.2) is 0 Å². The Morgan fingerprint density at radius 1 is 1.15 bits per heavy atom. The summed E-state index contributed by atoms with van der Waals surface area (Å²) in [5.74, 6) is -1.32. The van der Waals surface area contributed by atoms with E-state index in [0.717, 1.165) is 5.56 Å². The lowest BCUT2D eigenvalue weighted by Gasteiger charge is -2.20. The number of hydrogen-bond acceptors (Lipinski definition) is 6. The first-order valence-electron chi connectivity index (χ1n) is 8.41. The molecule has 0 fully saturated rings. The van der Waals surface area contributed by atoms with E-state index in [-0.39, 0.29) is 29.4 Å². The highest BCUT2D eigenvalue weighted by atomic mass is 32.2. The zero-order valence-corrected chi connectivity index (χ0v) is 15.5. The number of aliphatic carboxylic acids is 1. The van der Waals surface area contributed by atoms with E-state index in [1.54, 1.807) is 18.4 Å². The number of nitrogens with one attached hydrogen (secondary N) is 1. The SMILES string of the molecule is CSC1=C(Nc2ccc(CCCC(=O)O)cc2)C(=O)c2cccnc2C1=O. The van der Waals surface area contributed by atoms with E-state index in [1.807, 2.05) is 24.3 Å². The van der Waals surface area contributed by atoms with E-state index >= 15 is 0 Å². The third-order valence-corrected chi connectivity index (χ3v) is 5.01. The lowest BCUT2D eigenvalue weighted by atomic mass is 9.96. The van der Waals surface area contributed by atoms with Gasteiger partial charge in [0.05, 0.1) is 10.5 Å². The lowest BCUT2D eigenvalue weighted by Crippen LogP contribution is -2.26. The lowest BCUT2D eigenvalue weighted by molar-refractivity contribution is -0.137. The van der Waals surface area contributed by atoms with Gasteiger partial charge in [0, 0.05) is 18.3 Å². The number of pyridine rings is 1. The fourth-order valence-corrected chi connectivity index (χ4v) is 3.51. The number of ketones is 2. The Balaban J connectivity index is 1.80. The van der Waals surface area contributed by atoms with E-state index in [0.29, 0.717) is 29.0 Å². The van der Waals surface area contributed by atoms with Gasteiger partial charge >= 0.3 is 5.97 Å². The van der Waals surface area contributed by atoms with Crippen molar-refractivity contribution in [3.05, 3.63) is 70.0 Å². The van der Waals surface area contributed by atoms with Gasteiger partial charge in [-0.3, -0.25) is 19.4 Å². The van der Waals surface area contributed by atoms with Crippen molar-refractivity contribution in [2.75, 3.05) is 11.6 Å². The summed E-state index contributed by atoms with van der Waals surface area (Å²) < 4.78 is 0. The molecule has 2 aromatic rings. The molecule has 27 heavy (non-hydrogen) atoms. The summed E-state index contributed by atoms with van der Waals surface area (Å²) in [7, 11) is 0.